The molecule has 0 radical (unpaired) electrons. The summed E-state index contributed by atoms with van der Waals surface area (Å²) in [5.41, 5.74) is 10.1. The summed E-state index contributed by atoms with van der Waals surface area (Å²) in [6.07, 6.45) is 9.23. The van der Waals surface area contributed by atoms with Crippen LogP contribution < -0.4 is 4.90 Å². The lowest BCUT2D eigenvalue weighted by Crippen LogP contribution is -2.28. The average Bonchev–Trinajstić information content (AvgIpc) is 3.77. The van der Waals surface area contributed by atoms with Crippen LogP contribution in [0.2, 0.25) is 0 Å². The summed E-state index contributed by atoms with van der Waals surface area (Å²) in [4.78, 5) is 2.65. The maximum absolute atomic E-state index is 2.65. The molecule has 212 valence electrons. The van der Waals surface area contributed by atoms with E-state index < -0.39 is 0 Å². The van der Waals surface area contributed by atoms with Crippen molar-refractivity contribution in [3.63, 3.8) is 0 Å². The van der Waals surface area contributed by atoms with Crippen molar-refractivity contribution in [2.75, 3.05) is 4.90 Å². The molecule has 0 bridgehead atoms. The smallest absolute Gasteiger partial charge is 0.0782 e. The molecule has 3 heteroatoms. The second-order valence-electron chi connectivity index (χ2n) is 12.1. The van der Waals surface area contributed by atoms with Gasteiger partial charge in [0, 0.05) is 37.9 Å². The molecule has 2 unspecified atom stereocenters. The number of anilines is 2. The molecule has 10 rings (SSSR count). The first-order valence-corrected chi connectivity index (χ1v) is 16.4. The van der Waals surface area contributed by atoms with Crippen LogP contribution in [0.5, 0.6) is 0 Å². The highest BCUT2D eigenvalue weighted by Crippen LogP contribution is 2.54. The number of hydrogen-bond donors (Lipinski definition) is 0. The molecule has 2 aromatic heterocycles. The monoisotopic (exact) mass is 592 g/mol. The van der Waals surface area contributed by atoms with Gasteiger partial charge in [-0.05, 0) is 47.0 Å². The van der Waals surface area contributed by atoms with Crippen LogP contribution in [0.3, 0.4) is 0 Å². The summed E-state index contributed by atoms with van der Waals surface area (Å²) >= 11 is 1.91. The molecule has 45 heavy (non-hydrogen) atoms. The van der Waals surface area contributed by atoms with Gasteiger partial charge in [-0.15, -0.1) is 11.3 Å². The molecule has 0 spiro atoms. The first-order valence-electron chi connectivity index (χ1n) is 15.6. The minimum absolute atomic E-state index is 0.202. The van der Waals surface area contributed by atoms with Crippen LogP contribution >= 0.6 is 11.3 Å². The Bertz CT molecular complexity index is 2510. The zero-order chi connectivity index (χ0) is 29.5. The average molecular weight is 593 g/mol. The number of allylic oxidation sites excluding steroid dienone is 2. The van der Waals surface area contributed by atoms with Gasteiger partial charge in [-0.3, -0.25) is 0 Å². The van der Waals surface area contributed by atoms with Crippen LogP contribution in [0, 0.1) is 0 Å². The van der Waals surface area contributed by atoms with E-state index in [9.17, 15) is 0 Å². The predicted octanol–water partition coefficient (Wildman–Crippen LogP) is 11.5. The van der Waals surface area contributed by atoms with Crippen molar-refractivity contribution in [1.29, 1.82) is 0 Å². The lowest BCUT2D eigenvalue weighted by molar-refractivity contribution is 0.746. The molecule has 2 nitrogen and oxygen atoms in total. The van der Waals surface area contributed by atoms with Gasteiger partial charge in [0.05, 0.1) is 33.1 Å². The number of thiophene rings is 1. The van der Waals surface area contributed by atoms with Crippen molar-refractivity contribution in [3.8, 4) is 16.8 Å². The van der Waals surface area contributed by atoms with Crippen LogP contribution in [0.15, 0.2) is 158 Å². The third-order valence-corrected chi connectivity index (χ3v) is 10.9. The SMILES string of the molecule is C1=CC2c3ccc4c5ccccc5n(-c5cccc(-c6ccccc6)c5)c4c3N(c3cccc4c3sc3ccccc34)C2C=C1. The standard InChI is InChI=1S/C42H28N2S/c1-2-12-27(13-3-1)28-14-10-15-29(26-28)43-36-20-7-4-16-30(36)33-24-25-34-31-17-5-8-21-37(31)44(41(34)40(33)43)38-22-11-19-35-32-18-6-9-23-39(32)45-42(35)38/h1-26,31,37H. The van der Waals surface area contributed by atoms with Gasteiger partial charge in [0.2, 0.25) is 0 Å². The second kappa shape index (κ2) is 9.56. The zero-order valence-corrected chi connectivity index (χ0v) is 25.3. The summed E-state index contributed by atoms with van der Waals surface area (Å²) in [6, 6.07) is 49.2. The van der Waals surface area contributed by atoms with E-state index in [2.05, 4.69) is 167 Å². The summed E-state index contributed by atoms with van der Waals surface area (Å²) in [7, 11) is 0. The predicted molar refractivity (Wildman–Crippen MR) is 192 cm³/mol. The van der Waals surface area contributed by atoms with Gasteiger partial charge in [0.15, 0.2) is 0 Å². The highest BCUT2D eigenvalue weighted by atomic mass is 32.1. The van der Waals surface area contributed by atoms with Crippen molar-refractivity contribution in [3.05, 3.63) is 163 Å². The van der Waals surface area contributed by atoms with Gasteiger partial charge in [-0.25, -0.2) is 0 Å². The third kappa shape index (κ3) is 3.56. The number of aromatic nitrogens is 1. The summed E-state index contributed by atoms with van der Waals surface area (Å²) in [6.45, 7) is 0. The van der Waals surface area contributed by atoms with Crippen LogP contribution in [0.4, 0.5) is 11.4 Å². The molecule has 0 N–H and O–H groups in total. The van der Waals surface area contributed by atoms with E-state index in [1.54, 1.807) is 0 Å². The van der Waals surface area contributed by atoms with E-state index in [-0.39, 0.29) is 12.0 Å². The Balaban J connectivity index is 1.32. The van der Waals surface area contributed by atoms with E-state index in [1.165, 1.54) is 75.7 Å². The maximum atomic E-state index is 2.65. The Kier molecular flexibility index (Phi) is 5.31. The number of rotatable bonds is 3. The molecule has 0 amide bonds. The van der Waals surface area contributed by atoms with Crippen LogP contribution in [-0.2, 0) is 0 Å². The van der Waals surface area contributed by atoms with Crippen molar-refractivity contribution in [2.45, 2.75) is 12.0 Å². The van der Waals surface area contributed by atoms with Crippen molar-refractivity contribution < 1.29 is 0 Å². The molecule has 2 atom stereocenters. The van der Waals surface area contributed by atoms with Gasteiger partial charge in [-0.2, -0.15) is 0 Å². The molecular weight excluding hydrogens is 565 g/mol. The highest BCUT2D eigenvalue weighted by molar-refractivity contribution is 7.26. The molecule has 0 saturated heterocycles. The van der Waals surface area contributed by atoms with E-state index in [1.807, 2.05) is 11.3 Å². The fourth-order valence-corrected chi connectivity index (χ4v) is 9.00. The van der Waals surface area contributed by atoms with Crippen molar-refractivity contribution in [1.82, 2.24) is 4.57 Å². The molecule has 1 aliphatic carbocycles. The highest BCUT2D eigenvalue weighted by Gasteiger charge is 2.40. The first-order chi connectivity index (χ1) is 22.3. The molecule has 0 saturated carbocycles. The Morgan fingerprint density at radius 2 is 1.31 bits per heavy atom. The minimum Gasteiger partial charge on any atom is -0.330 e. The molecular formula is C42H28N2S. The summed E-state index contributed by atoms with van der Waals surface area (Å²) < 4.78 is 5.19. The van der Waals surface area contributed by atoms with E-state index in [0.717, 1.165) is 0 Å². The lowest BCUT2D eigenvalue weighted by Gasteiger charge is -2.29. The molecule has 6 aromatic carbocycles. The molecule has 1 aliphatic heterocycles. The number of fused-ring (bicyclic) bond motifs is 10. The lowest BCUT2D eigenvalue weighted by atomic mass is 9.91. The van der Waals surface area contributed by atoms with Gasteiger partial charge >= 0.3 is 0 Å². The van der Waals surface area contributed by atoms with Crippen LogP contribution in [0.1, 0.15) is 11.5 Å². The van der Waals surface area contributed by atoms with Gasteiger partial charge in [0.1, 0.15) is 0 Å². The Morgan fingerprint density at radius 3 is 2.24 bits per heavy atom. The zero-order valence-electron chi connectivity index (χ0n) is 24.5. The number of para-hydroxylation sites is 1. The van der Waals surface area contributed by atoms with E-state index >= 15 is 0 Å². The molecule has 0 fully saturated rings. The van der Waals surface area contributed by atoms with Crippen LogP contribution in [-0.4, -0.2) is 10.6 Å². The fourth-order valence-electron chi connectivity index (χ4n) is 7.78. The Morgan fingerprint density at radius 1 is 0.556 bits per heavy atom. The minimum atomic E-state index is 0.202. The number of nitrogens with zero attached hydrogens (tertiary/aromatic N) is 2. The van der Waals surface area contributed by atoms with Crippen molar-refractivity contribution >= 4 is 64.7 Å². The number of benzene rings is 6. The maximum Gasteiger partial charge on any atom is 0.0782 e. The largest absolute Gasteiger partial charge is 0.330 e. The van der Waals surface area contributed by atoms with Crippen molar-refractivity contribution in [2.24, 2.45) is 0 Å². The normalized spacial score (nSPS) is 17.1. The quantitative estimate of drug-likeness (QED) is 0.198. The topological polar surface area (TPSA) is 8.17 Å². The third-order valence-electron chi connectivity index (χ3n) is 9.70. The van der Waals surface area contributed by atoms with E-state index in [0.29, 0.717) is 0 Å². The van der Waals surface area contributed by atoms with Crippen LogP contribution in [0.25, 0.3) is 58.8 Å². The van der Waals surface area contributed by atoms with Gasteiger partial charge in [-0.1, -0.05) is 127 Å². The van der Waals surface area contributed by atoms with Gasteiger partial charge in [0.25, 0.3) is 0 Å². The Labute approximate surface area is 265 Å². The summed E-state index contributed by atoms with van der Waals surface area (Å²) in [5.74, 6) is 0.279. The summed E-state index contributed by atoms with van der Waals surface area (Å²) in [5, 5.41) is 5.23. The number of hydrogen-bond acceptors (Lipinski definition) is 2. The Hall–Kier alpha value is -5.38. The second-order valence-corrected chi connectivity index (χ2v) is 13.1. The fraction of sp³-hybridized carbons (Fsp3) is 0.0476. The first kappa shape index (κ1) is 25.0. The molecule has 2 aliphatic rings. The molecule has 3 heterocycles. The van der Waals surface area contributed by atoms with Gasteiger partial charge < -0.3 is 9.47 Å². The molecule has 8 aromatic rings. The van der Waals surface area contributed by atoms with E-state index in [4.69, 9.17) is 0 Å².